The van der Waals surface area contributed by atoms with E-state index in [1.165, 1.54) is 23.0 Å². The molecule has 0 N–H and O–H groups in total. The van der Waals surface area contributed by atoms with Crippen LogP contribution >= 0.6 is 0 Å². The number of hydrogen-bond acceptors (Lipinski definition) is 4. The molecule has 2 aromatic carbocycles. The Morgan fingerprint density at radius 3 is 2.48 bits per heavy atom. The second-order valence-electron chi connectivity index (χ2n) is 7.26. The Morgan fingerprint density at radius 2 is 1.77 bits per heavy atom. The molecule has 1 saturated heterocycles. The van der Waals surface area contributed by atoms with E-state index in [1.54, 1.807) is 15.9 Å². The average molecular weight is 434 g/mol. The van der Waals surface area contributed by atoms with Crippen LogP contribution in [0.15, 0.2) is 53.6 Å². The Kier molecular flexibility index (Phi) is 5.38. The van der Waals surface area contributed by atoms with Crippen LogP contribution in [0, 0.1) is 5.82 Å². The Morgan fingerprint density at radius 1 is 1.03 bits per heavy atom. The second-order valence-corrected chi connectivity index (χ2v) is 7.26. The van der Waals surface area contributed by atoms with Gasteiger partial charge in [0.05, 0.1) is 22.8 Å². The van der Waals surface area contributed by atoms with Gasteiger partial charge in [-0.1, -0.05) is 6.07 Å². The molecule has 0 unspecified atom stereocenters. The third kappa shape index (κ3) is 4.37. The third-order valence-electron chi connectivity index (χ3n) is 5.26. The van der Waals surface area contributed by atoms with Gasteiger partial charge in [-0.2, -0.15) is 13.2 Å². The molecule has 162 valence electrons. The van der Waals surface area contributed by atoms with Gasteiger partial charge in [-0.05, 0) is 30.3 Å². The number of halogens is 4. The van der Waals surface area contributed by atoms with Gasteiger partial charge in [0.2, 0.25) is 5.91 Å². The van der Waals surface area contributed by atoms with Crippen LogP contribution in [0.1, 0.15) is 5.56 Å². The van der Waals surface area contributed by atoms with Gasteiger partial charge in [-0.15, -0.1) is 0 Å². The zero-order valence-electron chi connectivity index (χ0n) is 16.3. The molecule has 0 atom stereocenters. The molecule has 3 aromatic rings. The maximum Gasteiger partial charge on any atom is 0.416 e. The number of alkyl halides is 3. The van der Waals surface area contributed by atoms with E-state index in [0.717, 1.165) is 24.3 Å². The molecule has 10 heteroatoms. The average Bonchev–Trinajstić information content (AvgIpc) is 2.75. The molecule has 1 amide bonds. The second kappa shape index (κ2) is 8.01. The molecule has 2 heterocycles. The quantitative estimate of drug-likeness (QED) is 0.595. The van der Waals surface area contributed by atoms with Gasteiger partial charge >= 0.3 is 6.18 Å². The van der Waals surface area contributed by atoms with Crippen molar-refractivity contribution in [2.45, 2.75) is 12.7 Å². The van der Waals surface area contributed by atoms with Gasteiger partial charge < -0.3 is 9.80 Å². The van der Waals surface area contributed by atoms with Crippen molar-refractivity contribution in [1.29, 1.82) is 0 Å². The number of fused-ring (bicyclic) bond motifs is 1. The van der Waals surface area contributed by atoms with Gasteiger partial charge in [0.25, 0.3) is 5.56 Å². The van der Waals surface area contributed by atoms with E-state index in [0.29, 0.717) is 31.9 Å². The molecular weight excluding hydrogens is 416 g/mol. The van der Waals surface area contributed by atoms with Crippen molar-refractivity contribution in [2.75, 3.05) is 31.1 Å². The van der Waals surface area contributed by atoms with E-state index in [9.17, 15) is 27.2 Å². The number of aromatic nitrogens is 2. The molecule has 1 aromatic heterocycles. The molecule has 0 radical (unpaired) electrons. The molecule has 6 nitrogen and oxygen atoms in total. The largest absolute Gasteiger partial charge is 0.416 e. The topological polar surface area (TPSA) is 58.4 Å². The lowest BCUT2D eigenvalue weighted by molar-refractivity contribution is -0.137. The molecule has 31 heavy (non-hydrogen) atoms. The predicted molar refractivity (Wildman–Crippen MR) is 106 cm³/mol. The predicted octanol–water partition coefficient (Wildman–Crippen LogP) is 2.90. The summed E-state index contributed by atoms with van der Waals surface area (Å²) < 4.78 is 53.3. The van der Waals surface area contributed by atoms with Crippen LogP contribution in [0.2, 0.25) is 0 Å². The van der Waals surface area contributed by atoms with Crippen LogP contribution < -0.4 is 10.5 Å². The first-order chi connectivity index (χ1) is 14.7. The van der Waals surface area contributed by atoms with Crippen molar-refractivity contribution < 1.29 is 22.4 Å². The highest BCUT2D eigenvalue weighted by Gasteiger charge is 2.31. The van der Waals surface area contributed by atoms with Crippen LogP contribution in [-0.4, -0.2) is 46.5 Å². The Hall–Kier alpha value is -3.43. The van der Waals surface area contributed by atoms with Crippen molar-refractivity contribution in [1.82, 2.24) is 14.5 Å². The van der Waals surface area contributed by atoms with Gasteiger partial charge in [0.15, 0.2) is 0 Å². The van der Waals surface area contributed by atoms with E-state index in [-0.39, 0.29) is 23.4 Å². The smallest absolute Gasteiger partial charge is 0.368 e. The van der Waals surface area contributed by atoms with Gasteiger partial charge in [-0.25, -0.2) is 9.37 Å². The Bertz CT molecular complexity index is 1180. The fourth-order valence-electron chi connectivity index (χ4n) is 3.58. The van der Waals surface area contributed by atoms with Crippen molar-refractivity contribution in [2.24, 2.45) is 0 Å². The van der Waals surface area contributed by atoms with Crippen LogP contribution in [0.4, 0.5) is 23.2 Å². The first kappa shape index (κ1) is 20.8. The fraction of sp³-hybridized carbons (Fsp3) is 0.286. The molecule has 1 aliphatic heterocycles. The molecule has 1 aliphatic rings. The number of anilines is 1. The van der Waals surface area contributed by atoms with E-state index in [1.807, 2.05) is 0 Å². The number of hydrogen-bond donors (Lipinski definition) is 0. The number of piperazine rings is 1. The van der Waals surface area contributed by atoms with Gasteiger partial charge in [0.1, 0.15) is 12.4 Å². The van der Waals surface area contributed by atoms with Crippen LogP contribution in [0.25, 0.3) is 10.9 Å². The first-order valence-electron chi connectivity index (χ1n) is 9.57. The van der Waals surface area contributed by atoms with Crippen molar-refractivity contribution in [3.05, 3.63) is 70.5 Å². The number of carbonyl (C=O) groups excluding carboxylic acids is 1. The minimum absolute atomic E-state index is 0.211. The van der Waals surface area contributed by atoms with E-state index >= 15 is 0 Å². The van der Waals surface area contributed by atoms with Crippen molar-refractivity contribution in [3.63, 3.8) is 0 Å². The molecule has 0 spiro atoms. The summed E-state index contributed by atoms with van der Waals surface area (Å²) in [5.74, 6) is -0.805. The minimum Gasteiger partial charge on any atom is -0.368 e. The first-order valence-corrected chi connectivity index (χ1v) is 9.57. The highest BCUT2D eigenvalue weighted by molar-refractivity contribution is 5.79. The van der Waals surface area contributed by atoms with E-state index in [2.05, 4.69) is 4.98 Å². The number of amides is 1. The summed E-state index contributed by atoms with van der Waals surface area (Å²) in [5.41, 5.74) is -0.500. The lowest BCUT2D eigenvalue weighted by Crippen LogP contribution is -2.50. The molecule has 0 aliphatic carbocycles. The van der Waals surface area contributed by atoms with E-state index in [4.69, 9.17) is 0 Å². The molecule has 0 saturated carbocycles. The fourth-order valence-corrected chi connectivity index (χ4v) is 3.58. The Labute approximate surface area is 174 Å². The lowest BCUT2D eigenvalue weighted by atomic mass is 10.1. The van der Waals surface area contributed by atoms with Crippen LogP contribution in [0.3, 0.4) is 0 Å². The molecule has 4 rings (SSSR count). The van der Waals surface area contributed by atoms with Gasteiger partial charge in [-0.3, -0.25) is 14.2 Å². The highest BCUT2D eigenvalue weighted by atomic mass is 19.4. The monoisotopic (exact) mass is 434 g/mol. The zero-order chi connectivity index (χ0) is 22.2. The van der Waals surface area contributed by atoms with Crippen molar-refractivity contribution in [3.8, 4) is 0 Å². The number of nitrogens with zero attached hydrogens (tertiary/aromatic N) is 4. The maximum absolute atomic E-state index is 13.3. The van der Waals surface area contributed by atoms with Gasteiger partial charge in [0, 0.05) is 37.9 Å². The standard InChI is InChI=1S/C21H18F4N4O2/c22-15-4-5-17-18(11-15)26-13-29(20(17)31)12-19(30)28-8-6-27(7-9-28)16-3-1-2-14(10-16)21(23,24)25/h1-5,10-11,13H,6-9,12H2. The normalized spacial score (nSPS) is 14.8. The Balaban J connectivity index is 1.42. The molecule has 0 bridgehead atoms. The summed E-state index contributed by atoms with van der Waals surface area (Å²) in [5, 5.41) is 0.214. The number of rotatable bonds is 3. The SMILES string of the molecule is O=C(Cn1cnc2cc(F)ccc2c1=O)N1CCN(c2cccc(C(F)(F)F)c2)CC1. The highest BCUT2D eigenvalue weighted by Crippen LogP contribution is 2.31. The summed E-state index contributed by atoms with van der Waals surface area (Å²) in [6.07, 6.45) is -3.21. The third-order valence-corrected chi connectivity index (χ3v) is 5.26. The summed E-state index contributed by atoms with van der Waals surface area (Å²) >= 11 is 0. The summed E-state index contributed by atoms with van der Waals surface area (Å²) in [6, 6.07) is 8.72. The zero-order valence-corrected chi connectivity index (χ0v) is 16.3. The summed E-state index contributed by atoms with van der Waals surface area (Å²) in [6.45, 7) is 1.16. The van der Waals surface area contributed by atoms with E-state index < -0.39 is 23.1 Å². The number of benzene rings is 2. The maximum atomic E-state index is 13.3. The lowest BCUT2D eigenvalue weighted by Gasteiger charge is -2.36. The summed E-state index contributed by atoms with van der Waals surface area (Å²) in [7, 11) is 0. The van der Waals surface area contributed by atoms with Crippen LogP contribution in [-0.2, 0) is 17.5 Å². The number of carbonyl (C=O) groups is 1. The van der Waals surface area contributed by atoms with Crippen LogP contribution in [0.5, 0.6) is 0 Å². The summed E-state index contributed by atoms with van der Waals surface area (Å²) in [4.78, 5) is 32.6. The molecule has 1 fully saturated rings. The van der Waals surface area contributed by atoms with Crippen molar-refractivity contribution >= 4 is 22.5 Å². The minimum atomic E-state index is -4.42. The molecular formula is C21H18F4N4O2.